The molecule has 0 amide bonds. The molecule has 0 unspecified atom stereocenters. The Morgan fingerprint density at radius 2 is 1.79 bits per heavy atom. The Morgan fingerprint density at radius 1 is 1.08 bits per heavy atom. The summed E-state index contributed by atoms with van der Waals surface area (Å²) in [6.45, 7) is 7.84. The van der Waals surface area contributed by atoms with Crippen molar-refractivity contribution >= 4 is 5.57 Å². The molecule has 0 bridgehead atoms. The van der Waals surface area contributed by atoms with Gasteiger partial charge in [-0.3, -0.25) is 0 Å². The third-order valence-corrected chi connectivity index (χ3v) is 3.91. The van der Waals surface area contributed by atoms with Gasteiger partial charge in [-0.2, -0.15) is 0 Å². The van der Waals surface area contributed by atoms with Crippen LogP contribution in [0.1, 0.15) is 38.8 Å². The zero-order valence-electron chi connectivity index (χ0n) is 14.6. The van der Waals surface area contributed by atoms with Crippen LogP contribution in [-0.4, -0.2) is 11.2 Å². The highest BCUT2D eigenvalue weighted by atomic mass is 16.5. The van der Waals surface area contributed by atoms with Gasteiger partial charge in [0.1, 0.15) is 17.1 Å². The molecule has 0 saturated heterocycles. The lowest BCUT2D eigenvalue weighted by atomic mass is 9.90. The summed E-state index contributed by atoms with van der Waals surface area (Å²) >= 11 is 0. The van der Waals surface area contributed by atoms with Gasteiger partial charge in [0.25, 0.3) is 0 Å². The van der Waals surface area contributed by atoms with E-state index in [1.807, 2.05) is 50.2 Å². The summed E-state index contributed by atoms with van der Waals surface area (Å²) in [5.41, 5.74) is 2.36. The van der Waals surface area contributed by atoms with Crippen molar-refractivity contribution in [2.75, 3.05) is 0 Å². The third kappa shape index (κ3) is 3.31. The first-order valence-electron chi connectivity index (χ1n) is 8.08. The molecule has 122 valence electrons. The largest absolute Gasteiger partial charge is 0.483 e. The van der Waals surface area contributed by atoms with Crippen LogP contribution in [0.4, 0.5) is 0 Å². The Kier molecular flexibility index (Phi) is 3.89. The fraction of sp³-hybridized carbons (Fsp3) is 0.273. The van der Waals surface area contributed by atoms with Crippen LogP contribution in [0.2, 0.25) is 0 Å². The van der Waals surface area contributed by atoms with Crippen molar-refractivity contribution in [3.63, 3.8) is 0 Å². The second-order valence-corrected chi connectivity index (χ2v) is 7.04. The predicted octanol–water partition coefficient (Wildman–Crippen LogP) is 5.08. The molecule has 0 fully saturated rings. The summed E-state index contributed by atoms with van der Waals surface area (Å²) in [7, 11) is 0. The fourth-order valence-electron chi connectivity index (χ4n) is 2.79. The number of benzene rings is 2. The minimum Gasteiger partial charge on any atom is -0.483 e. The first-order chi connectivity index (χ1) is 11.3. The van der Waals surface area contributed by atoms with Gasteiger partial charge in [-0.05, 0) is 57.0 Å². The monoisotopic (exact) mass is 318 g/mol. The summed E-state index contributed by atoms with van der Waals surface area (Å²) in [6.07, 6.45) is 7.68. The van der Waals surface area contributed by atoms with Crippen molar-refractivity contribution in [1.82, 2.24) is 0 Å². The van der Waals surface area contributed by atoms with Gasteiger partial charge in [-0.25, -0.2) is 0 Å². The smallest absolute Gasteiger partial charge is 0.163 e. The summed E-state index contributed by atoms with van der Waals surface area (Å²) < 4.78 is 12.0. The van der Waals surface area contributed by atoms with E-state index in [1.165, 1.54) is 11.1 Å². The molecule has 0 spiro atoms. The van der Waals surface area contributed by atoms with Crippen LogP contribution >= 0.6 is 0 Å². The maximum Gasteiger partial charge on any atom is 0.163 e. The van der Waals surface area contributed by atoms with E-state index >= 15 is 0 Å². The number of ether oxygens (including phenoxy) is 2. The van der Waals surface area contributed by atoms with Gasteiger partial charge >= 0.3 is 0 Å². The van der Waals surface area contributed by atoms with Gasteiger partial charge in [0.05, 0.1) is 0 Å². The van der Waals surface area contributed by atoms with E-state index in [0.29, 0.717) is 5.75 Å². The molecular weight excluding hydrogens is 296 g/mol. The molecule has 2 aromatic rings. The average molecular weight is 318 g/mol. The van der Waals surface area contributed by atoms with E-state index in [0.717, 1.165) is 11.3 Å². The van der Waals surface area contributed by atoms with Crippen molar-refractivity contribution in [3.8, 4) is 23.8 Å². The number of fused-ring (bicyclic) bond motifs is 1. The summed E-state index contributed by atoms with van der Waals surface area (Å²) in [4.78, 5) is 0. The van der Waals surface area contributed by atoms with Gasteiger partial charge in [0.15, 0.2) is 5.60 Å². The first-order valence-corrected chi connectivity index (χ1v) is 8.08. The van der Waals surface area contributed by atoms with Gasteiger partial charge in [0, 0.05) is 11.6 Å². The summed E-state index contributed by atoms with van der Waals surface area (Å²) in [5, 5.41) is 0. The molecular formula is C22H22O2. The zero-order valence-corrected chi connectivity index (χ0v) is 14.6. The number of terminal acetylenes is 1. The molecule has 0 saturated carbocycles. The lowest BCUT2D eigenvalue weighted by Crippen LogP contribution is -2.29. The molecule has 24 heavy (non-hydrogen) atoms. The van der Waals surface area contributed by atoms with E-state index in [4.69, 9.17) is 15.9 Å². The second kappa shape index (κ2) is 5.76. The first kappa shape index (κ1) is 16.2. The highest BCUT2D eigenvalue weighted by molar-refractivity contribution is 5.85. The number of hydrogen-bond acceptors (Lipinski definition) is 2. The molecule has 0 N–H and O–H groups in total. The molecule has 0 atom stereocenters. The van der Waals surface area contributed by atoms with E-state index in [9.17, 15) is 0 Å². The van der Waals surface area contributed by atoms with Crippen molar-refractivity contribution in [1.29, 1.82) is 0 Å². The molecule has 0 radical (unpaired) electrons. The standard InChI is InChI=1S/C22H22O2/c1-6-21(2,3)23-17-12-13-18-19(16-10-8-7-9-11-16)15-22(4,5)24-20(18)14-17/h1,7-15H,2-5H3. The number of rotatable bonds is 3. The van der Waals surface area contributed by atoms with Crippen molar-refractivity contribution in [2.24, 2.45) is 0 Å². The lowest BCUT2D eigenvalue weighted by Gasteiger charge is -2.32. The molecule has 2 heteroatoms. The van der Waals surface area contributed by atoms with Gasteiger partial charge < -0.3 is 9.47 Å². The highest BCUT2D eigenvalue weighted by Crippen LogP contribution is 2.41. The molecule has 2 aromatic carbocycles. The fourth-order valence-corrected chi connectivity index (χ4v) is 2.79. The Bertz CT molecular complexity index is 821. The Hall–Kier alpha value is -2.66. The predicted molar refractivity (Wildman–Crippen MR) is 98.2 cm³/mol. The topological polar surface area (TPSA) is 18.5 Å². The van der Waals surface area contributed by atoms with Gasteiger partial charge in [-0.1, -0.05) is 36.3 Å². The Morgan fingerprint density at radius 3 is 2.46 bits per heavy atom. The van der Waals surface area contributed by atoms with E-state index in [2.05, 4.69) is 38.0 Å². The second-order valence-electron chi connectivity index (χ2n) is 7.04. The molecule has 2 nitrogen and oxygen atoms in total. The Balaban J connectivity index is 2.05. The van der Waals surface area contributed by atoms with Crippen LogP contribution in [0.25, 0.3) is 5.57 Å². The SMILES string of the molecule is C#CC(C)(C)Oc1ccc2c(c1)OC(C)(C)C=C2c1ccccc1. The maximum atomic E-state index is 6.15. The van der Waals surface area contributed by atoms with Crippen LogP contribution in [0.15, 0.2) is 54.6 Å². The molecule has 1 aliphatic heterocycles. The molecule has 1 aliphatic rings. The van der Waals surface area contributed by atoms with E-state index < -0.39 is 11.2 Å². The van der Waals surface area contributed by atoms with E-state index in [-0.39, 0.29) is 0 Å². The lowest BCUT2D eigenvalue weighted by molar-refractivity contribution is 0.152. The highest BCUT2D eigenvalue weighted by Gasteiger charge is 2.28. The normalized spacial score (nSPS) is 15.5. The quantitative estimate of drug-likeness (QED) is 0.735. The molecule has 3 rings (SSSR count). The van der Waals surface area contributed by atoms with Crippen molar-refractivity contribution in [2.45, 2.75) is 38.9 Å². The van der Waals surface area contributed by atoms with E-state index in [1.54, 1.807) is 0 Å². The third-order valence-electron chi connectivity index (χ3n) is 3.91. The van der Waals surface area contributed by atoms with Crippen LogP contribution in [0, 0.1) is 12.3 Å². The van der Waals surface area contributed by atoms with Crippen LogP contribution in [0.5, 0.6) is 11.5 Å². The minimum atomic E-state index is -0.656. The van der Waals surface area contributed by atoms with Gasteiger partial charge in [-0.15, -0.1) is 6.42 Å². The van der Waals surface area contributed by atoms with Gasteiger partial charge in [0.2, 0.25) is 0 Å². The van der Waals surface area contributed by atoms with Crippen LogP contribution < -0.4 is 9.47 Å². The minimum absolute atomic E-state index is 0.390. The molecule has 0 aromatic heterocycles. The summed E-state index contributed by atoms with van der Waals surface area (Å²) in [6, 6.07) is 16.2. The zero-order chi connectivity index (χ0) is 17.4. The average Bonchev–Trinajstić information content (AvgIpc) is 2.53. The maximum absolute atomic E-state index is 6.15. The van der Waals surface area contributed by atoms with Crippen molar-refractivity contribution in [3.05, 3.63) is 65.7 Å². The van der Waals surface area contributed by atoms with Crippen LogP contribution in [0.3, 0.4) is 0 Å². The number of hydrogen-bond donors (Lipinski definition) is 0. The molecule has 0 aliphatic carbocycles. The molecule has 1 heterocycles. The van der Waals surface area contributed by atoms with Crippen LogP contribution in [-0.2, 0) is 0 Å². The summed E-state index contributed by atoms with van der Waals surface area (Å²) in [5.74, 6) is 4.17. The van der Waals surface area contributed by atoms with Crippen molar-refractivity contribution < 1.29 is 9.47 Å². The Labute approximate surface area is 144 Å².